The third-order valence-corrected chi connectivity index (χ3v) is 5.74. The molecule has 2 N–H and O–H groups in total. The van der Waals surface area contributed by atoms with Crippen LogP contribution < -0.4 is 19.7 Å². The maximum Gasteiger partial charge on any atom is 0.251 e. The smallest absolute Gasteiger partial charge is 0.251 e. The Labute approximate surface area is 159 Å². The average molecular weight is 382 g/mol. The summed E-state index contributed by atoms with van der Waals surface area (Å²) in [6, 6.07) is 11.5. The van der Waals surface area contributed by atoms with Crippen molar-refractivity contribution < 1.29 is 14.3 Å². The highest BCUT2D eigenvalue weighted by atomic mass is 32.1. The Balaban J connectivity index is 1.23. The minimum atomic E-state index is -0.0959. The molecule has 1 atom stereocenters. The first-order chi connectivity index (χ1) is 13.3. The summed E-state index contributed by atoms with van der Waals surface area (Å²) in [4.78, 5) is 15.9. The average Bonchev–Trinajstić information content (AvgIpc) is 3.47. The van der Waals surface area contributed by atoms with Crippen LogP contribution in [0.1, 0.15) is 16.8 Å². The van der Waals surface area contributed by atoms with E-state index in [0.717, 1.165) is 31.0 Å². The van der Waals surface area contributed by atoms with Crippen LogP contribution in [-0.4, -0.2) is 42.0 Å². The molecule has 1 aromatic carbocycles. The minimum absolute atomic E-state index is 0.0878. The van der Waals surface area contributed by atoms with Crippen molar-refractivity contribution in [3.05, 3.63) is 47.3 Å². The van der Waals surface area contributed by atoms with Crippen LogP contribution in [0, 0.1) is 0 Å². The van der Waals surface area contributed by atoms with Crippen molar-refractivity contribution in [3.63, 3.8) is 0 Å². The summed E-state index contributed by atoms with van der Waals surface area (Å²) in [5, 5.41) is 12.7. The van der Waals surface area contributed by atoms with Gasteiger partial charge < -0.3 is 19.7 Å². The summed E-state index contributed by atoms with van der Waals surface area (Å²) in [6.07, 6.45) is 0.886. The SMILES string of the molecule is O=C(N[C@H]1CCN(c2cc(-c3cccs3)[nH]n2)C1)c1ccc2c(c1)OCO2. The zero-order valence-corrected chi connectivity index (χ0v) is 15.3. The number of thiophene rings is 1. The fourth-order valence-electron chi connectivity index (χ4n) is 3.42. The quantitative estimate of drug-likeness (QED) is 0.725. The van der Waals surface area contributed by atoms with Gasteiger partial charge in [-0.15, -0.1) is 11.3 Å². The number of amides is 1. The minimum Gasteiger partial charge on any atom is -0.454 e. The highest BCUT2D eigenvalue weighted by Crippen LogP contribution is 2.32. The van der Waals surface area contributed by atoms with E-state index in [1.807, 2.05) is 11.4 Å². The molecule has 27 heavy (non-hydrogen) atoms. The lowest BCUT2D eigenvalue weighted by Crippen LogP contribution is -2.37. The van der Waals surface area contributed by atoms with Crippen LogP contribution in [0.5, 0.6) is 11.5 Å². The largest absolute Gasteiger partial charge is 0.454 e. The molecule has 138 valence electrons. The summed E-state index contributed by atoms with van der Waals surface area (Å²) in [7, 11) is 0. The standard InChI is InChI=1S/C19H18N4O3S/c24-19(12-3-4-15-16(8-12)26-11-25-15)20-13-5-6-23(10-13)18-9-14(21-22-18)17-2-1-7-27-17/h1-4,7-9,13H,5-6,10-11H2,(H,20,24)(H,21,22)/t13-/m0/s1. The Bertz CT molecular complexity index is 969. The van der Waals surface area contributed by atoms with E-state index in [1.54, 1.807) is 29.5 Å². The predicted octanol–water partition coefficient (Wildman–Crippen LogP) is 2.88. The summed E-state index contributed by atoms with van der Waals surface area (Å²) < 4.78 is 10.6. The van der Waals surface area contributed by atoms with Crippen LogP contribution in [0.15, 0.2) is 41.8 Å². The second-order valence-electron chi connectivity index (χ2n) is 6.59. The van der Waals surface area contributed by atoms with Crippen molar-refractivity contribution in [2.75, 3.05) is 24.8 Å². The van der Waals surface area contributed by atoms with Gasteiger partial charge in [0, 0.05) is 30.8 Å². The molecule has 4 heterocycles. The van der Waals surface area contributed by atoms with Gasteiger partial charge in [0.15, 0.2) is 17.3 Å². The monoisotopic (exact) mass is 382 g/mol. The van der Waals surface area contributed by atoms with Crippen molar-refractivity contribution in [3.8, 4) is 22.1 Å². The topological polar surface area (TPSA) is 79.5 Å². The molecular weight excluding hydrogens is 364 g/mol. The molecule has 1 amide bonds. The van der Waals surface area contributed by atoms with Crippen molar-refractivity contribution in [1.29, 1.82) is 0 Å². The number of anilines is 1. The zero-order valence-electron chi connectivity index (χ0n) is 14.5. The molecule has 1 fully saturated rings. The molecule has 0 aliphatic carbocycles. The van der Waals surface area contributed by atoms with Crippen LogP contribution in [-0.2, 0) is 0 Å². The number of carbonyl (C=O) groups excluding carboxylic acids is 1. The molecule has 0 bridgehead atoms. The first-order valence-corrected chi connectivity index (χ1v) is 9.69. The first-order valence-electron chi connectivity index (χ1n) is 8.81. The van der Waals surface area contributed by atoms with Crippen molar-refractivity contribution in [2.24, 2.45) is 0 Å². The summed E-state index contributed by atoms with van der Waals surface area (Å²) >= 11 is 1.68. The summed E-state index contributed by atoms with van der Waals surface area (Å²) in [6.45, 7) is 1.81. The normalized spacial score (nSPS) is 18.1. The number of nitrogens with one attached hydrogen (secondary N) is 2. The number of benzene rings is 1. The molecule has 8 heteroatoms. The number of fused-ring (bicyclic) bond motifs is 1. The number of ether oxygens (including phenoxy) is 2. The fraction of sp³-hybridized carbons (Fsp3) is 0.263. The van der Waals surface area contributed by atoms with E-state index < -0.39 is 0 Å². The Morgan fingerprint density at radius 2 is 2.19 bits per heavy atom. The lowest BCUT2D eigenvalue weighted by molar-refractivity contribution is 0.0940. The van der Waals surface area contributed by atoms with Gasteiger partial charge >= 0.3 is 0 Å². The predicted molar refractivity (Wildman–Crippen MR) is 103 cm³/mol. The van der Waals surface area contributed by atoms with E-state index in [4.69, 9.17) is 9.47 Å². The van der Waals surface area contributed by atoms with Crippen LogP contribution >= 0.6 is 11.3 Å². The molecule has 2 aliphatic heterocycles. The van der Waals surface area contributed by atoms with Crippen LogP contribution in [0.25, 0.3) is 10.6 Å². The third-order valence-electron chi connectivity index (χ3n) is 4.83. The number of carbonyl (C=O) groups is 1. The second-order valence-corrected chi connectivity index (χ2v) is 7.54. The molecule has 0 radical (unpaired) electrons. The van der Waals surface area contributed by atoms with Gasteiger partial charge in [0.25, 0.3) is 5.91 Å². The van der Waals surface area contributed by atoms with E-state index in [2.05, 4.69) is 32.5 Å². The third kappa shape index (κ3) is 3.12. The Kier molecular flexibility index (Phi) is 3.97. The van der Waals surface area contributed by atoms with Crippen molar-refractivity contribution >= 4 is 23.1 Å². The number of hydrogen-bond donors (Lipinski definition) is 2. The van der Waals surface area contributed by atoms with E-state index in [0.29, 0.717) is 17.1 Å². The summed E-state index contributed by atoms with van der Waals surface area (Å²) in [5.74, 6) is 2.12. The molecule has 7 nitrogen and oxygen atoms in total. The summed E-state index contributed by atoms with van der Waals surface area (Å²) in [5.41, 5.74) is 1.60. The van der Waals surface area contributed by atoms with Gasteiger partial charge in [-0.1, -0.05) is 6.07 Å². The van der Waals surface area contributed by atoms with Crippen LogP contribution in [0.4, 0.5) is 5.82 Å². The van der Waals surface area contributed by atoms with E-state index in [1.165, 1.54) is 4.88 Å². The number of hydrogen-bond acceptors (Lipinski definition) is 6. The van der Waals surface area contributed by atoms with Gasteiger partial charge in [-0.25, -0.2) is 0 Å². The Morgan fingerprint density at radius 3 is 3.07 bits per heavy atom. The van der Waals surface area contributed by atoms with E-state index in [9.17, 15) is 4.79 Å². The molecule has 0 spiro atoms. The van der Waals surface area contributed by atoms with Crippen molar-refractivity contribution in [1.82, 2.24) is 15.5 Å². The van der Waals surface area contributed by atoms with Crippen molar-refractivity contribution in [2.45, 2.75) is 12.5 Å². The van der Waals surface area contributed by atoms with Gasteiger partial charge in [0.2, 0.25) is 6.79 Å². The van der Waals surface area contributed by atoms with Gasteiger partial charge in [-0.3, -0.25) is 9.89 Å². The first kappa shape index (κ1) is 16.2. The maximum absolute atomic E-state index is 12.6. The molecule has 1 saturated heterocycles. The van der Waals surface area contributed by atoms with E-state index >= 15 is 0 Å². The Hall–Kier alpha value is -3.00. The molecule has 0 unspecified atom stereocenters. The molecule has 2 aromatic heterocycles. The molecule has 2 aliphatic rings. The highest BCUT2D eigenvalue weighted by molar-refractivity contribution is 7.13. The van der Waals surface area contributed by atoms with Gasteiger partial charge in [0.05, 0.1) is 10.6 Å². The van der Waals surface area contributed by atoms with Gasteiger partial charge in [-0.2, -0.15) is 5.10 Å². The number of H-pyrrole nitrogens is 1. The molecular formula is C19H18N4O3S. The Morgan fingerprint density at radius 1 is 1.26 bits per heavy atom. The lowest BCUT2D eigenvalue weighted by atomic mass is 10.1. The second kappa shape index (κ2) is 6.62. The van der Waals surface area contributed by atoms with E-state index in [-0.39, 0.29) is 18.7 Å². The van der Waals surface area contributed by atoms with Gasteiger partial charge in [-0.05, 0) is 36.1 Å². The number of rotatable bonds is 4. The number of nitrogens with zero attached hydrogens (tertiary/aromatic N) is 2. The van der Waals surface area contributed by atoms with Crippen LogP contribution in [0.3, 0.4) is 0 Å². The lowest BCUT2D eigenvalue weighted by Gasteiger charge is -2.16. The molecule has 0 saturated carbocycles. The highest BCUT2D eigenvalue weighted by Gasteiger charge is 2.26. The number of aromatic amines is 1. The van der Waals surface area contributed by atoms with Gasteiger partial charge in [0.1, 0.15) is 0 Å². The molecule has 3 aromatic rings. The molecule has 5 rings (SSSR count). The van der Waals surface area contributed by atoms with Crippen LogP contribution in [0.2, 0.25) is 0 Å². The number of aromatic nitrogens is 2. The maximum atomic E-state index is 12.6. The zero-order chi connectivity index (χ0) is 18.2. The fourth-order valence-corrected chi connectivity index (χ4v) is 4.12.